The van der Waals surface area contributed by atoms with Gasteiger partial charge in [0.05, 0.1) is 58.3 Å². The largest absolute Gasteiger partial charge is 0.497 e. The second-order valence-electron chi connectivity index (χ2n) is 22.7. The van der Waals surface area contributed by atoms with E-state index in [1.54, 1.807) is 14.2 Å². The first-order valence-corrected chi connectivity index (χ1v) is 30.9. The van der Waals surface area contributed by atoms with Gasteiger partial charge in [-0.2, -0.15) is 0 Å². The van der Waals surface area contributed by atoms with E-state index >= 15 is 0 Å². The molecule has 0 bridgehead atoms. The molecule has 2 heterocycles. The minimum Gasteiger partial charge on any atom is -0.497 e. The van der Waals surface area contributed by atoms with Gasteiger partial charge in [0.1, 0.15) is 11.4 Å². The summed E-state index contributed by atoms with van der Waals surface area (Å²) in [5.41, 5.74) is 0.400. The fourth-order valence-corrected chi connectivity index (χ4v) is 10.6. The van der Waals surface area contributed by atoms with Crippen molar-refractivity contribution in [3.05, 3.63) is 29.8 Å². The number of hydrogen-bond donors (Lipinski definition) is 0. The number of hydroxylamine groups is 2. The molecule has 2 fully saturated rings. The number of amides is 1. The highest BCUT2D eigenvalue weighted by molar-refractivity contribution is 6.75. The lowest BCUT2D eigenvalue weighted by atomic mass is 9.77. The predicted octanol–water partition coefficient (Wildman–Crippen LogP) is 10.6. The highest BCUT2D eigenvalue weighted by Crippen LogP contribution is 2.53. The third kappa shape index (κ3) is 13.2. The van der Waals surface area contributed by atoms with Crippen LogP contribution in [0.1, 0.15) is 102 Å². The van der Waals surface area contributed by atoms with Gasteiger partial charge in [0.15, 0.2) is 30.7 Å². The van der Waals surface area contributed by atoms with Crippen LogP contribution in [0.15, 0.2) is 24.3 Å². The lowest BCUT2D eigenvalue weighted by Gasteiger charge is -2.52. The van der Waals surface area contributed by atoms with Gasteiger partial charge in [-0.1, -0.05) is 81.4 Å². The zero-order valence-electron chi connectivity index (χ0n) is 41.9. The van der Waals surface area contributed by atoms with Gasteiger partial charge < -0.3 is 37.0 Å². The van der Waals surface area contributed by atoms with Crippen LogP contribution in [0.3, 0.4) is 0 Å². The number of hydrogen-bond acceptors (Lipinski definition) is 10. The van der Waals surface area contributed by atoms with Crippen molar-refractivity contribution in [2.24, 2.45) is 17.8 Å². The van der Waals surface area contributed by atoms with Crippen molar-refractivity contribution >= 4 is 30.9 Å². The first-order valence-electron chi connectivity index (χ1n) is 22.1. The molecule has 348 valence electrons. The lowest BCUT2D eigenvalue weighted by Crippen LogP contribution is -2.62. The molecule has 1 amide bonds. The summed E-state index contributed by atoms with van der Waals surface area (Å²) in [5, 5.41) is 1.11. The van der Waals surface area contributed by atoms with Crippen molar-refractivity contribution in [2.45, 2.75) is 193 Å². The molecule has 0 radical (unpaired) electrons. The van der Waals surface area contributed by atoms with Gasteiger partial charge in [-0.15, -0.1) is 0 Å². The van der Waals surface area contributed by atoms with Gasteiger partial charge in [0.2, 0.25) is 5.91 Å². The maximum atomic E-state index is 13.7. The molecule has 14 heteroatoms. The molecule has 11 nitrogen and oxygen atoms in total. The van der Waals surface area contributed by atoms with E-state index in [-0.39, 0.29) is 51.3 Å². The first kappa shape index (κ1) is 53.2. The van der Waals surface area contributed by atoms with Gasteiger partial charge >= 0.3 is 0 Å². The number of nitrogens with zero attached hydrogens (tertiary/aromatic N) is 1. The molecule has 2 saturated heterocycles. The van der Waals surface area contributed by atoms with Crippen LogP contribution in [-0.2, 0) is 48.5 Å². The number of methoxy groups -OCH3 is 1. The molecular weight excluding hydrogens is 811 g/mol. The molecule has 60 heavy (non-hydrogen) atoms. The zero-order valence-corrected chi connectivity index (χ0v) is 44.9. The van der Waals surface area contributed by atoms with E-state index in [9.17, 15) is 4.79 Å². The lowest BCUT2D eigenvalue weighted by molar-refractivity contribution is -0.338. The van der Waals surface area contributed by atoms with Crippen LogP contribution < -0.4 is 4.74 Å². The van der Waals surface area contributed by atoms with E-state index in [0.29, 0.717) is 26.4 Å². The van der Waals surface area contributed by atoms with Crippen LogP contribution in [0.5, 0.6) is 5.75 Å². The van der Waals surface area contributed by atoms with Crippen LogP contribution in [0.2, 0.25) is 54.4 Å². The predicted molar refractivity (Wildman–Crippen MR) is 249 cm³/mol. The van der Waals surface area contributed by atoms with Gasteiger partial charge in [-0.05, 0) is 92.9 Å². The van der Waals surface area contributed by atoms with E-state index in [2.05, 4.69) is 115 Å². The second kappa shape index (κ2) is 19.5. The molecule has 2 aliphatic rings. The molecule has 1 unspecified atom stereocenters. The first-order chi connectivity index (χ1) is 27.1. The summed E-state index contributed by atoms with van der Waals surface area (Å²) in [4.78, 5) is 19.1. The fraction of sp³-hybridized carbons (Fsp3) is 0.848. The van der Waals surface area contributed by atoms with Gasteiger partial charge in [0.25, 0.3) is 0 Å². The Labute approximate surface area is 368 Å². The Bertz CT molecular complexity index is 1530. The minimum absolute atomic E-state index is 0.0350. The van der Waals surface area contributed by atoms with Crippen LogP contribution in [0.25, 0.3) is 0 Å². The number of carbonyl (C=O) groups excluding carboxylic acids is 1. The maximum absolute atomic E-state index is 13.7. The number of ether oxygens (including phenoxy) is 5. The summed E-state index contributed by atoms with van der Waals surface area (Å²) >= 11 is 0. The normalized spacial score (nSPS) is 25.7. The number of benzene rings is 1. The molecule has 0 aromatic heterocycles. The van der Waals surface area contributed by atoms with Gasteiger partial charge in [0, 0.05) is 38.0 Å². The smallest absolute Gasteiger partial charge is 0.248 e. The standard InChI is InChI=1S/C46H87NO10Si3/c1-32(28-51-29-33-23-25-34(49-15)26-24-33)40-46(13,56-40)41(57-60(21,22)44(8,9)10)36(31-53-59(19,20)43(5,6)7)39-35(30-52-58(17,18)42(2,3)4)37(54-45(11,12)55-39)27-38(48)47(14)50-16/h23-26,32,35-37,39-41H,27-31H2,1-22H3/t32-,35+,36-,37?,39+,40+,41-,46+/m0/s1. The Kier molecular flexibility index (Phi) is 17.3. The third-order valence-electron chi connectivity index (χ3n) is 14.5. The zero-order chi connectivity index (χ0) is 46.1. The Balaban J connectivity index is 2.20. The summed E-state index contributed by atoms with van der Waals surface area (Å²) in [6.07, 6.45) is -1.48. The summed E-state index contributed by atoms with van der Waals surface area (Å²) < 4.78 is 54.7. The molecule has 0 aliphatic carbocycles. The summed E-state index contributed by atoms with van der Waals surface area (Å²) in [5.74, 6) is -0.977. The molecule has 8 atom stereocenters. The molecule has 3 rings (SSSR count). The molecule has 2 aliphatic heterocycles. The fourth-order valence-electron chi connectivity index (χ4n) is 7.15. The monoisotopic (exact) mass is 898 g/mol. The topological polar surface area (TPSA) is 107 Å². The number of epoxide rings is 1. The quantitative estimate of drug-likeness (QED) is 0.0713. The maximum Gasteiger partial charge on any atom is 0.248 e. The molecule has 1 aromatic rings. The van der Waals surface area contributed by atoms with Crippen molar-refractivity contribution < 1.29 is 46.6 Å². The van der Waals surface area contributed by atoms with E-state index < -0.39 is 54.7 Å². The molecule has 0 saturated carbocycles. The third-order valence-corrected chi connectivity index (χ3v) is 27.9. The Morgan fingerprint density at radius 2 is 1.32 bits per heavy atom. The van der Waals surface area contributed by atoms with Crippen LogP contribution in [0.4, 0.5) is 0 Å². The molecular formula is C46H87NO10Si3. The van der Waals surface area contributed by atoms with Crippen molar-refractivity contribution in [3.8, 4) is 5.75 Å². The summed E-state index contributed by atoms with van der Waals surface area (Å²) in [7, 11) is -2.22. The van der Waals surface area contributed by atoms with Crippen molar-refractivity contribution in [1.82, 2.24) is 5.06 Å². The Morgan fingerprint density at radius 3 is 1.82 bits per heavy atom. The van der Waals surface area contributed by atoms with E-state index in [4.69, 9.17) is 41.8 Å². The second-order valence-corrected chi connectivity index (χ2v) is 37.1. The SMILES string of the molecule is COc1ccc(COC[C@H](C)[C@H]2O[C@@]2(C)[C@@H](O[Si](C)(C)C(C)(C)C)[C@@H](CO[Si](C)(C)C(C)(C)C)[C@@H]2OC(C)(C)OC(CC(=O)N(C)OC)[C@H]2CO[Si](C)(C)C(C)(C)C)cc1. The van der Waals surface area contributed by atoms with Crippen LogP contribution in [-0.4, -0.2) is 113 Å². The Morgan fingerprint density at radius 1 is 0.783 bits per heavy atom. The average Bonchev–Trinajstić information content (AvgIpc) is 3.81. The van der Waals surface area contributed by atoms with Crippen LogP contribution in [0, 0.1) is 17.8 Å². The van der Waals surface area contributed by atoms with Crippen molar-refractivity contribution in [3.63, 3.8) is 0 Å². The van der Waals surface area contributed by atoms with Gasteiger partial charge in [-0.3, -0.25) is 9.63 Å². The molecule has 0 N–H and O–H groups in total. The van der Waals surface area contributed by atoms with E-state index in [1.165, 1.54) is 12.2 Å². The summed E-state index contributed by atoms with van der Waals surface area (Å²) in [6.45, 7) is 44.1. The highest BCUT2D eigenvalue weighted by Gasteiger charge is 2.66. The minimum atomic E-state index is -2.47. The highest BCUT2D eigenvalue weighted by atomic mass is 28.4. The number of rotatable bonds is 20. The average molecular weight is 898 g/mol. The van der Waals surface area contributed by atoms with E-state index in [1.807, 2.05) is 38.1 Å². The van der Waals surface area contributed by atoms with Crippen LogP contribution >= 0.6 is 0 Å². The number of carbonyl (C=O) groups is 1. The molecule has 1 aromatic carbocycles. The van der Waals surface area contributed by atoms with Gasteiger partial charge in [-0.25, -0.2) is 5.06 Å². The van der Waals surface area contributed by atoms with Crippen molar-refractivity contribution in [1.29, 1.82) is 0 Å². The molecule has 0 spiro atoms. The Hall–Kier alpha value is -1.18. The van der Waals surface area contributed by atoms with E-state index in [0.717, 1.165) is 11.3 Å². The van der Waals surface area contributed by atoms with Crippen molar-refractivity contribution in [2.75, 3.05) is 41.1 Å². The summed E-state index contributed by atoms with van der Waals surface area (Å²) in [6, 6.07) is 7.98.